The van der Waals surface area contributed by atoms with E-state index >= 15 is 0 Å². The molecule has 0 radical (unpaired) electrons. The Kier molecular flexibility index (Phi) is 8.45. The Labute approximate surface area is 184 Å². The highest BCUT2D eigenvalue weighted by atomic mass is 32.2. The van der Waals surface area contributed by atoms with Gasteiger partial charge < -0.3 is 14.4 Å². The fourth-order valence-electron chi connectivity index (χ4n) is 3.85. The molecule has 3 rings (SSSR count). The molecule has 8 nitrogen and oxygen atoms in total. The predicted octanol–water partition coefficient (Wildman–Crippen LogP) is 1.97. The summed E-state index contributed by atoms with van der Waals surface area (Å²) in [7, 11) is -3.48. The van der Waals surface area contributed by atoms with E-state index in [1.54, 1.807) is 40.4 Å². The van der Waals surface area contributed by atoms with Crippen LogP contribution in [0.5, 0.6) is 0 Å². The maximum absolute atomic E-state index is 12.8. The second-order valence-corrected chi connectivity index (χ2v) is 9.97. The van der Waals surface area contributed by atoms with E-state index in [9.17, 15) is 18.0 Å². The summed E-state index contributed by atoms with van der Waals surface area (Å²) in [6.45, 7) is 4.72. The lowest BCUT2D eigenvalue weighted by atomic mass is 10.1. The molecule has 31 heavy (non-hydrogen) atoms. The molecular formula is C22H32N2O6S. The van der Waals surface area contributed by atoms with Crippen LogP contribution in [0, 0.1) is 0 Å². The molecule has 2 aliphatic rings. The first-order valence-electron chi connectivity index (χ1n) is 11.0. The molecule has 0 saturated carbocycles. The summed E-state index contributed by atoms with van der Waals surface area (Å²) in [6, 6.07) is 6.68. The van der Waals surface area contributed by atoms with Crippen molar-refractivity contribution in [3.63, 3.8) is 0 Å². The molecule has 0 bridgehead atoms. The molecule has 172 valence electrons. The summed E-state index contributed by atoms with van der Waals surface area (Å²) in [5, 5.41) is 0. The van der Waals surface area contributed by atoms with E-state index < -0.39 is 22.1 Å². The van der Waals surface area contributed by atoms with E-state index in [4.69, 9.17) is 9.47 Å². The molecule has 2 aliphatic heterocycles. The first-order valence-corrected chi connectivity index (χ1v) is 12.5. The van der Waals surface area contributed by atoms with Crippen LogP contribution in [-0.4, -0.2) is 75.0 Å². The van der Waals surface area contributed by atoms with Gasteiger partial charge in [0.15, 0.2) is 6.10 Å². The van der Waals surface area contributed by atoms with E-state index in [1.807, 2.05) is 0 Å². The fraction of sp³-hybridized carbons (Fsp3) is 0.636. The molecule has 9 heteroatoms. The zero-order chi connectivity index (χ0) is 22.3. The van der Waals surface area contributed by atoms with E-state index in [0.717, 1.165) is 31.2 Å². The monoisotopic (exact) mass is 452 g/mol. The van der Waals surface area contributed by atoms with Gasteiger partial charge in [0.1, 0.15) is 0 Å². The Bertz CT molecular complexity index is 841. The van der Waals surface area contributed by atoms with Gasteiger partial charge >= 0.3 is 5.97 Å². The second kappa shape index (κ2) is 11.1. The van der Waals surface area contributed by atoms with Crippen molar-refractivity contribution in [3.05, 3.63) is 29.8 Å². The third-order valence-corrected chi connectivity index (χ3v) is 7.64. The zero-order valence-electron chi connectivity index (χ0n) is 18.1. The number of hydrogen-bond acceptors (Lipinski definition) is 6. The molecule has 1 amide bonds. The fourth-order valence-corrected chi connectivity index (χ4v) is 5.37. The summed E-state index contributed by atoms with van der Waals surface area (Å²) in [5.41, 5.74) is 0.846. The predicted molar refractivity (Wildman–Crippen MR) is 115 cm³/mol. The minimum Gasteiger partial charge on any atom is -0.453 e. The summed E-state index contributed by atoms with van der Waals surface area (Å²) in [5.74, 6) is -0.657. The normalized spacial score (nSPS) is 19.5. The van der Waals surface area contributed by atoms with E-state index in [2.05, 4.69) is 0 Å². The lowest BCUT2D eigenvalue weighted by Crippen LogP contribution is -2.46. The van der Waals surface area contributed by atoms with Crippen LogP contribution in [-0.2, 0) is 35.5 Å². The lowest BCUT2D eigenvalue weighted by molar-refractivity contribution is -0.160. The van der Waals surface area contributed by atoms with Crippen LogP contribution in [0.4, 0.5) is 0 Å². The highest BCUT2D eigenvalue weighted by Crippen LogP contribution is 2.21. The molecular weight excluding hydrogens is 420 g/mol. The minimum atomic E-state index is -3.48. The molecule has 2 saturated heterocycles. The Morgan fingerprint density at radius 2 is 1.61 bits per heavy atom. The van der Waals surface area contributed by atoms with Crippen molar-refractivity contribution in [3.8, 4) is 0 Å². The average molecular weight is 453 g/mol. The van der Waals surface area contributed by atoms with Gasteiger partial charge in [0, 0.05) is 32.6 Å². The number of esters is 1. The number of carbonyl (C=O) groups excluding carboxylic acids is 2. The molecule has 0 aromatic heterocycles. The quantitative estimate of drug-likeness (QED) is 0.588. The third kappa shape index (κ3) is 6.51. The molecule has 2 heterocycles. The van der Waals surface area contributed by atoms with Gasteiger partial charge in [-0.2, -0.15) is 4.31 Å². The Morgan fingerprint density at radius 1 is 1.00 bits per heavy atom. The number of carbonyl (C=O) groups is 2. The van der Waals surface area contributed by atoms with Crippen LogP contribution >= 0.6 is 0 Å². The van der Waals surface area contributed by atoms with Crippen molar-refractivity contribution in [2.45, 2.75) is 56.4 Å². The van der Waals surface area contributed by atoms with Gasteiger partial charge in [-0.05, 0) is 43.9 Å². The van der Waals surface area contributed by atoms with Crippen molar-refractivity contribution in [1.29, 1.82) is 0 Å². The second-order valence-electron chi connectivity index (χ2n) is 8.03. The van der Waals surface area contributed by atoms with E-state index in [-0.39, 0.29) is 17.2 Å². The van der Waals surface area contributed by atoms with Gasteiger partial charge in [-0.1, -0.05) is 25.0 Å². The van der Waals surface area contributed by atoms with Gasteiger partial charge in [-0.15, -0.1) is 0 Å². The third-order valence-electron chi connectivity index (χ3n) is 5.72. The van der Waals surface area contributed by atoms with E-state index in [0.29, 0.717) is 45.8 Å². The van der Waals surface area contributed by atoms with Crippen molar-refractivity contribution >= 4 is 21.9 Å². The number of benzene rings is 1. The van der Waals surface area contributed by atoms with Crippen molar-refractivity contribution in [2.75, 3.05) is 39.4 Å². The zero-order valence-corrected chi connectivity index (χ0v) is 18.9. The number of ether oxygens (including phenoxy) is 2. The van der Waals surface area contributed by atoms with E-state index in [1.165, 1.54) is 0 Å². The van der Waals surface area contributed by atoms with Crippen LogP contribution < -0.4 is 0 Å². The van der Waals surface area contributed by atoms with Crippen molar-refractivity contribution in [2.24, 2.45) is 0 Å². The summed E-state index contributed by atoms with van der Waals surface area (Å²) in [6.07, 6.45) is 3.64. The number of nitrogens with zero attached hydrogens (tertiary/aromatic N) is 2. The topological polar surface area (TPSA) is 93.2 Å². The van der Waals surface area contributed by atoms with Crippen molar-refractivity contribution < 1.29 is 27.5 Å². The standard InChI is InChI=1S/C22H32N2O6S/c1-18(22(26)23-14-16-29-17-15-23)30-21(25)11-8-19-6-9-20(10-7-19)31(27,28)24-12-4-2-3-5-13-24/h6-7,9-10,18H,2-5,8,11-17H2,1H3. The number of rotatable bonds is 7. The Morgan fingerprint density at radius 3 is 2.23 bits per heavy atom. The van der Waals surface area contributed by atoms with Crippen LogP contribution in [0.2, 0.25) is 0 Å². The average Bonchev–Trinajstić information content (AvgIpc) is 3.08. The van der Waals surface area contributed by atoms with Crippen LogP contribution in [0.25, 0.3) is 0 Å². The van der Waals surface area contributed by atoms with Crippen LogP contribution in [0.1, 0.15) is 44.6 Å². The van der Waals surface area contributed by atoms with Crippen LogP contribution in [0.15, 0.2) is 29.2 Å². The van der Waals surface area contributed by atoms with Crippen LogP contribution in [0.3, 0.4) is 0 Å². The first kappa shape index (κ1) is 23.7. The molecule has 1 atom stereocenters. The molecule has 0 spiro atoms. The number of sulfonamides is 1. The lowest BCUT2D eigenvalue weighted by Gasteiger charge is -2.28. The number of amides is 1. The molecule has 1 aromatic carbocycles. The number of morpholine rings is 1. The highest BCUT2D eigenvalue weighted by Gasteiger charge is 2.26. The molecule has 2 fully saturated rings. The van der Waals surface area contributed by atoms with Gasteiger partial charge in [-0.3, -0.25) is 9.59 Å². The van der Waals surface area contributed by atoms with Crippen molar-refractivity contribution in [1.82, 2.24) is 9.21 Å². The maximum atomic E-state index is 12.8. The smallest absolute Gasteiger partial charge is 0.306 e. The molecule has 1 aromatic rings. The van der Waals surface area contributed by atoms with Gasteiger partial charge in [0.2, 0.25) is 10.0 Å². The molecule has 1 unspecified atom stereocenters. The van der Waals surface area contributed by atoms with Gasteiger partial charge in [0.05, 0.1) is 18.1 Å². The molecule has 0 N–H and O–H groups in total. The highest BCUT2D eigenvalue weighted by molar-refractivity contribution is 7.89. The molecule has 0 aliphatic carbocycles. The van der Waals surface area contributed by atoms with Gasteiger partial charge in [0.25, 0.3) is 5.91 Å². The summed E-state index contributed by atoms with van der Waals surface area (Å²) < 4.78 is 37.8. The number of aryl methyl sites for hydroxylation is 1. The number of hydrogen-bond donors (Lipinski definition) is 0. The minimum absolute atomic E-state index is 0.124. The first-order chi connectivity index (χ1) is 14.9. The van der Waals surface area contributed by atoms with Gasteiger partial charge in [-0.25, -0.2) is 8.42 Å². The Hall–Kier alpha value is -1.97. The Balaban J connectivity index is 1.49. The summed E-state index contributed by atoms with van der Waals surface area (Å²) in [4.78, 5) is 26.4. The SMILES string of the molecule is CC(OC(=O)CCc1ccc(S(=O)(=O)N2CCCCCC2)cc1)C(=O)N1CCOCC1. The largest absolute Gasteiger partial charge is 0.453 e. The maximum Gasteiger partial charge on any atom is 0.306 e. The summed E-state index contributed by atoms with van der Waals surface area (Å²) >= 11 is 0.